The maximum absolute atomic E-state index is 12.4. The molecule has 0 aliphatic heterocycles. The Hall–Kier alpha value is -4.48. The largest absolute Gasteiger partial charge is 0.462 e. The number of esters is 2. The second kappa shape index (κ2) is 82.7. The van der Waals surface area contributed by atoms with Gasteiger partial charge in [0.25, 0.3) is 0 Å². The molecule has 1 N–H and O–H groups in total. The number of allylic oxidation sites excluding steroid dienone is 26. The van der Waals surface area contributed by atoms with Crippen molar-refractivity contribution in [1.82, 2.24) is 0 Å². The zero-order valence-electron chi connectivity index (χ0n) is 61.7. The molecule has 0 aromatic carbocycles. The van der Waals surface area contributed by atoms with Crippen molar-refractivity contribution in [1.29, 1.82) is 0 Å². The molecule has 536 valence electrons. The summed E-state index contributed by atoms with van der Waals surface area (Å²) in [5.74, 6) is -0.608. The summed E-state index contributed by atoms with van der Waals surface area (Å²) in [6.07, 6.45) is 126. The minimum absolute atomic E-state index is 0.0790. The lowest BCUT2D eigenvalue weighted by atomic mass is 10.0. The first kappa shape index (κ1) is 89.5. The van der Waals surface area contributed by atoms with Crippen molar-refractivity contribution in [2.24, 2.45) is 0 Å². The van der Waals surface area contributed by atoms with Gasteiger partial charge in [-0.1, -0.05) is 390 Å². The lowest BCUT2D eigenvalue weighted by Gasteiger charge is -2.15. The molecule has 0 heterocycles. The zero-order valence-corrected chi connectivity index (χ0v) is 61.7. The van der Waals surface area contributed by atoms with Crippen molar-refractivity contribution in [3.8, 4) is 0 Å². The van der Waals surface area contributed by atoms with Crippen LogP contribution < -0.4 is 0 Å². The standard InChI is InChI=1S/C89H150O5/c1-3-5-7-9-11-13-15-17-19-21-23-25-27-29-31-33-35-37-39-41-43-44-46-47-49-51-53-55-57-59-61-63-65-67-69-71-73-75-77-79-81-83-88(91)93-86-87(85-90)94-89(92)84-82-80-78-76-74-72-70-68-66-64-62-60-58-56-54-52-50-48-45-42-40-38-36-34-32-30-28-26-24-22-20-18-16-14-12-10-8-6-4-2/h6,8,12,14-15,17-18,20-21,23-24,26,30,32,36,38,42,45,50,52,56,58,62,64,68,70,87,90H,3-5,7,9-11,13,16,19,22,25,27-29,31,33-35,37,39-41,43-44,46-49,51,53-55,57,59-61,63,65-67,69,71-86H2,1-2H3/b8-6-,14-12-,17-15-,20-18-,23-21-,26-24-,32-30-,38-36-,45-42-,52-50-,58-56-,64-62-,70-68-. The summed E-state index contributed by atoms with van der Waals surface area (Å²) in [6, 6.07) is 0. The van der Waals surface area contributed by atoms with Crippen molar-refractivity contribution < 1.29 is 24.2 Å². The van der Waals surface area contributed by atoms with Crippen molar-refractivity contribution in [3.63, 3.8) is 0 Å². The van der Waals surface area contributed by atoms with Gasteiger partial charge >= 0.3 is 11.9 Å². The molecule has 0 aromatic rings. The van der Waals surface area contributed by atoms with Gasteiger partial charge < -0.3 is 14.6 Å². The number of ether oxygens (including phenoxy) is 2. The Morgan fingerprint density at radius 2 is 0.457 bits per heavy atom. The maximum Gasteiger partial charge on any atom is 0.306 e. The fourth-order valence-corrected chi connectivity index (χ4v) is 11.4. The predicted octanol–water partition coefficient (Wildman–Crippen LogP) is 28.5. The minimum atomic E-state index is -0.794. The maximum atomic E-state index is 12.4. The van der Waals surface area contributed by atoms with Crippen LogP contribution in [0.4, 0.5) is 0 Å². The van der Waals surface area contributed by atoms with E-state index in [-0.39, 0.29) is 25.2 Å². The molecular formula is C89H150O5. The second-order valence-corrected chi connectivity index (χ2v) is 26.4. The third kappa shape index (κ3) is 80.0. The molecule has 0 bridgehead atoms. The van der Waals surface area contributed by atoms with E-state index in [0.29, 0.717) is 12.8 Å². The van der Waals surface area contributed by atoms with Crippen LogP contribution in [-0.2, 0) is 19.1 Å². The molecule has 1 atom stereocenters. The van der Waals surface area contributed by atoms with Crippen molar-refractivity contribution >= 4 is 11.9 Å². The number of aliphatic hydroxyl groups excluding tert-OH is 1. The second-order valence-electron chi connectivity index (χ2n) is 26.4. The average molecular weight is 1300 g/mol. The number of aliphatic hydroxyl groups is 1. The van der Waals surface area contributed by atoms with Gasteiger partial charge in [0, 0.05) is 12.8 Å². The van der Waals surface area contributed by atoms with Gasteiger partial charge in [-0.15, -0.1) is 0 Å². The zero-order chi connectivity index (χ0) is 67.5. The molecule has 0 spiro atoms. The number of hydrogen-bond donors (Lipinski definition) is 1. The fourth-order valence-electron chi connectivity index (χ4n) is 11.4. The van der Waals surface area contributed by atoms with Gasteiger partial charge in [-0.2, -0.15) is 0 Å². The van der Waals surface area contributed by atoms with Crippen molar-refractivity contribution in [3.05, 3.63) is 158 Å². The summed E-state index contributed by atoms with van der Waals surface area (Å²) in [7, 11) is 0. The van der Waals surface area contributed by atoms with Crippen LogP contribution in [0, 0.1) is 0 Å². The van der Waals surface area contributed by atoms with Gasteiger partial charge in [-0.05, 0) is 128 Å². The van der Waals surface area contributed by atoms with Crippen LogP contribution in [0.3, 0.4) is 0 Å². The smallest absolute Gasteiger partial charge is 0.306 e. The van der Waals surface area contributed by atoms with Crippen LogP contribution in [0.5, 0.6) is 0 Å². The van der Waals surface area contributed by atoms with Crippen LogP contribution in [-0.4, -0.2) is 36.4 Å². The fraction of sp³-hybridized carbons (Fsp3) is 0.685. The molecule has 1 unspecified atom stereocenters. The molecule has 0 radical (unpaired) electrons. The summed E-state index contributed by atoms with van der Waals surface area (Å²) in [4.78, 5) is 24.7. The molecular weight excluding hydrogens is 1150 g/mol. The normalized spacial score (nSPS) is 13.1. The van der Waals surface area contributed by atoms with Gasteiger partial charge in [-0.3, -0.25) is 9.59 Å². The molecule has 0 fully saturated rings. The van der Waals surface area contributed by atoms with E-state index in [1.807, 2.05) is 0 Å². The third-order valence-electron chi connectivity index (χ3n) is 17.3. The lowest BCUT2D eigenvalue weighted by molar-refractivity contribution is -0.161. The summed E-state index contributed by atoms with van der Waals surface area (Å²) < 4.78 is 10.8. The number of unbranched alkanes of at least 4 members (excludes halogenated alkanes) is 39. The van der Waals surface area contributed by atoms with Crippen LogP contribution in [0.25, 0.3) is 0 Å². The van der Waals surface area contributed by atoms with E-state index in [1.165, 1.54) is 212 Å². The molecule has 0 aliphatic carbocycles. The molecule has 0 amide bonds. The van der Waals surface area contributed by atoms with Gasteiger partial charge in [0.2, 0.25) is 0 Å². The van der Waals surface area contributed by atoms with E-state index in [0.717, 1.165) is 135 Å². The number of rotatable bonds is 73. The minimum Gasteiger partial charge on any atom is -0.462 e. The Bertz CT molecular complexity index is 1960. The summed E-state index contributed by atoms with van der Waals surface area (Å²) in [5.41, 5.74) is 0. The highest BCUT2D eigenvalue weighted by atomic mass is 16.6. The highest BCUT2D eigenvalue weighted by molar-refractivity contribution is 5.70. The Labute approximate surface area is 583 Å². The van der Waals surface area contributed by atoms with Crippen LogP contribution in [0.1, 0.15) is 373 Å². The summed E-state index contributed by atoms with van der Waals surface area (Å²) in [5, 5.41) is 9.72. The van der Waals surface area contributed by atoms with E-state index >= 15 is 0 Å². The Morgan fingerprint density at radius 3 is 0.691 bits per heavy atom. The van der Waals surface area contributed by atoms with Gasteiger partial charge in [-0.25, -0.2) is 0 Å². The molecule has 0 saturated carbocycles. The third-order valence-corrected chi connectivity index (χ3v) is 17.3. The number of carbonyl (C=O) groups excluding carboxylic acids is 2. The van der Waals surface area contributed by atoms with E-state index in [2.05, 4.69) is 172 Å². The molecule has 0 saturated heterocycles. The Kier molecular flexibility index (Phi) is 78.8. The molecule has 0 aliphatic rings. The molecule has 94 heavy (non-hydrogen) atoms. The van der Waals surface area contributed by atoms with Crippen LogP contribution in [0.15, 0.2) is 158 Å². The van der Waals surface area contributed by atoms with Crippen molar-refractivity contribution in [2.45, 2.75) is 380 Å². The predicted molar refractivity (Wildman–Crippen MR) is 417 cm³/mol. The lowest BCUT2D eigenvalue weighted by Crippen LogP contribution is -2.28. The van der Waals surface area contributed by atoms with Crippen molar-refractivity contribution in [2.75, 3.05) is 13.2 Å². The molecule has 5 heteroatoms. The molecule has 0 aromatic heterocycles. The average Bonchev–Trinajstić information content (AvgIpc) is 3.65. The van der Waals surface area contributed by atoms with Crippen LogP contribution in [0.2, 0.25) is 0 Å². The molecule has 0 rings (SSSR count). The van der Waals surface area contributed by atoms with E-state index in [9.17, 15) is 14.7 Å². The molecule has 5 nitrogen and oxygen atoms in total. The first-order valence-electron chi connectivity index (χ1n) is 40.0. The Balaban J connectivity index is 3.51. The first-order chi connectivity index (χ1) is 46.6. The number of hydrogen-bond acceptors (Lipinski definition) is 5. The van der Waals surface area contributed by atoms with Gasteiger partial charge in [0.1, 0.15) is 6.61 Å². The topological polar surface area (TPSA) is 72.8 Å². The summed E-state index contributed by atoms with van der Waals surface area (Å²) in [6.45, 7) is 4.03. The summed E-state index contributed by atoms with van der Waals surface area (Å²) >= 11 is 0. The monoisotopic (exact) mass is 1300 g/mol. The van der Waals surface area contributed by atoms with Gasteiger partial charge in [0.05, 0.1) is 6.61 Å². The van der Waals surface area contributed by atoms with E-state index in [4.69, 9.17) is 9.47 Å². The van der Waals surface area contributed by atoms with E-state index in [1.54, 1.807) is 0 Å². The quantitative estimate of drug-likeness (QED) is 0.0373. The highest BCUT2D eigenvalue weighted by Gasteiger charge is 2.16. The van der Waals surface area contributed by atoms with E-state index < -0.39 is 6.10 Å². The number of carbonyl (C=O) groups is 2. The van der Waals surface area contributed by atoms with Gasteiger partial charge in [0.15, 0.2) is 6.10 Å². The first-order valence-corrected chi connectivity index (χ1v) is 40.0. The highest BCUT2D eigenvalue weighted by Crippen LogP contribution is 2.18. The SMILES string of the molecule is CC/C=C\C/C=C\C/C=C\C/C=C\C/C=C\C/C=C\C/C=C\C/C=C\C/C=C\C/C=C\C/C=C\CCCCCCCC(=O)OC(CO)COC(=O)CCCCCCCCCCCCCCCCCCCCCCCCCCCCCCC/C=C\C/C=C\CCCCCCC. The Morgan fingerprint density at radius 1 is 0.255 bits per heavy atom. The van der Waals surface area contributed by atoms with Crippen LogP contribution >= 0.6 is 0 Å².